The molecule has 0 aliphatic rings. The molecule has 1 aromatic heterocycles. The van der Waals surface area contributed by atoms with Crippen LogP contribution < -0.4 is 26.4 Å². The number of para-hydroxylation sites is 1. The van der Waals surface area contributed by atoms with Crippen LogP contribution in [0.2, 0.25) is 0 Å². The second-order valence-corrected chi connectivity index (χ2v) is 15.8. The number of rotatable bonds is 8. The lowest BCUT2D eigenvalue weighted by Crippen LogP contribution is -2.75. The molecule has 6 rings (SSSR count). The number of hydrogen-bond donors (Lipinski definition) is 0. The summed E-state index contributed by atoms with van der Waals surface area (Å²) in [4.78, 5) is 26.1. The number of ketones is 1. The maximum absolute atomic E-state index is 14.2. The van der Waals surface area contributed by atoms with Crippen LogP contribution in [0.25, 0.3) is 0 Å². The van der Waals surface area contributed by atoms with Gasteiger partial charge in [0.05, 0.1) is 61.8 Å². The SMILES string of the molecule is FC(F)(F)c1cc([B-](c2cc(C(F)(F)F)cc(C(F)(F)F)c2)(c2cc(C(F)(F)F)cc(C(F)(F)F)c2)c2cc(C(F)(F)F)cc(C(F)(F)F)c2)cc(C(F)(F)F)c1.O=C(C[n+]1ccncc1)c1ccccc1[N+](=O)[O-]. The molecule has 0 bridgehead atoms. The molecule has 0 radical (unpaired) electrons. The zero-order chi connectivity index (χ0) is 56.9. The molecule has 0 amide bonds. The van der Waals surface area contributed by atoms with E-state index in [2.05, 4.69) is 4.98 Å². The molecule has 0 atom stereocenters. The molecule has 0 N–H and O–H groups in total. The van der Waals surface area contributed by atoms with Crippen LogP contribution in [0.3, 0.4) is 0 Å². The number of Topliss-reactive ketones (excluding diaryl/α,β-unsaturated/α-hetero) is 1. The Kier molecular flexibility index (Phi) is 15.7. The third-order valence-electron chi connectivity index (χ3n) is 10.9. The van der Waals surface area contributed by atoms with Crippen LogP contribution in [0, 0.1) is 10.1 Å². The van der Waals surface area contributed by atoms with Gasteiger partial charge in [0.25, 0.3) is 5.69 Å². The Labute approximate surface area is 401 Å². The fraction of sp³-hybridized carbons (Fsp3) is 0.205. The van der Waals surface area contributed by atoms with E-state index in [1.165, 1.54) is 18.2 Å². The molecule has 31 heteroatoms. The Morgan fingerprint density at radius 2 is 0.667 bits per heavy atom. The van der Waals surface area contributed by atoms with E-state index in [-0.39, 0.29) is 23.6 Å². The monoisotopic (exact) mass is 1110 g/mol. The van der Waals surface area contributed by atoms with Crippen molar-refractivity contribution < 1.29 is 120 Å². The van der Waals surface area contributed by atoms with Gasteiger partial charge >= 0.3 is 49.4 Å². The van der Waals surface area contributed by atoms with Crippen LogP contribution in [0.4, 0.5) is 111 Å². The van der Waals surface area contributed by atoms with Crippen LogP contribution in [0.1, 0.15) is 54.9 Å². The predicted molar refractivity (Wildman–Crippen MR) is 212 cm³/mol. The molecule has 6 nitrogen and oxygen atoms in total. The van der Waals surface area contributed by atoms with E-state index in [0.717, 1.165) is 0 Å². The van der Waals surface area contributed by atoms with E-state index in [9.17, 15) is 120 Å². The highest BCUT2D eigenvalue weighted by atomic mass is 19.4. The lowest BCUT2D eigenvalue weighted by molar-refractivity contribution is -0.683. The van der Waals surface area contributed by atoms with E-state index in [4.69, 9.17) is 0 Å². The first-order chi connectivity index (χ1) is 33.9. The van der Waals surface area contributed by atoms with Crippen LogP contribution in [0.15, 0.2) is 122 Å². The fourth-order valence-electron chi connectivity index (χ4n) is 7.64. The van der Waals surface area contributed by atoms with E-state index < -0.39 is 200 Å². The van der Waals surface area contributed by atoms with Gasteiger partial charge in [-0.1, -0.05) is 60.7 Å². The number of alkyl halides is 24. The average Bonchev–Trinajstić information content (AvgIpc) is 3.27. The number of nitro groups is 1. The fourth-order valence-corrected chi connectivity index (χ4v) is 7.64. The van der Waals surface area contributed by atoms with Crippen LogP contribution in [-0.4, -0.2) is 21.8 Å². The number of hydrogen-bond acceptors (Lipinski definition) is 4. The minimum absolute atomic E-state index is 0.0490. The van der Waals surface area contributed by atoms with Crippen molar-refractivity contribution >= 4 is 39.5 Å². The zero-order valence-electron chi connectivity index (χ0n) is 36.0. The van der Waals surface area contributed by atoms with E-state index in [1.54, 1.807) is 35.4 Å². The number of carbonyl (C=O) groups excluding carboxylic acids is 1. The summed E-state index contributed by atoms with van der Waals surface area (Å²) in [5, 5.41) is 10.8. The number of benzene rings is 5. The Balaban J connectivity index is 0.000000483. The average molecular weight is 1110 g/mol. The third-order valence-corrected chi connectivity index (χ3v) is 10.9. The quantitative estimate of drug-likeness (QED) is 0.0380. The molecule has 0 spiro atoms. The number of aromatic nitrogens is 2. The molecule has 0 fully saturated rings. The van der Waals surface area contributed by atoms with Crippen LogP contribution >= 0.6 is 0 Å². The highest BCUT2D eigenvalue weighted by molar-refractivity contribution is 7.20. The van der Waals surface area contributed by atoms with E-state index >= 15 is 0 Å². The van der Waals surface area contributed by atoms with Gasteiger partial charge in [-0.05, 0) is 30.3 Å². The van der Waals surface area contributed by atoms with Gasteiger partial charge in [0, 0.05) is 6.07 Å². The third kappa shape index (κ3) is 13.5. The van der Waals surface area contributed by atoms with Crippen LogP contribution in [-0.2, 0) is 56.0 Å². The molecule has 1 heterocycles. The van der Waals surface area contributed by atoms with Gasteiger partial charge in [0.15, 0.2) is 12.4 Å². The van der Waals surface area contributed by atoms with Crippen molar-refractivity contribution in [3.63, 3.8) is 0 Å². The van der Waals surface area contributed by atoms with E-state index in [0.29, 0.717) is 0 Å². The molecule has 0 saturated heterocycles. The zero-order valence-corrected chi connectivity index (χ0v) is 36.0. The molecule has 0 unspecified atom stereocenters. The highest BCUT2D eigenvalue weighted by Gasteiger charge is 2.47. The minimum atomic E-state index is -6.13. The first-order valence-electron chi connectivity index (χ1n) is 19.9. The molecule has 75 heavy (non-hydrogen) atoms. The maximum atomic E-state index is 14.2. The highest BCUT2D eigenvalue weighted by Crippen LogP contribution is 2.41. The number of carbonyl (C=O) groups is 1. The summed E-state index contributed by atoms with van der Waals surface area (Å²) in [5.74, 6) is -0.307. The van der Waals surface area contributed by atoms with Crippen molar-refractivity contribution in [3.8, 4) is 0 Å². The molecular weight excluding hydrogens is 1090 g/mol. The lowest BCUT2D eigenvalue weighted by atomic mass is 9.12. The maximum Gasteiger partial charge on any atom is 0.416 e. The molecule has 0 aliphatic heterocycles. The lowest BCUT2D eigenvalue weighted by Gasteiger charge is -2.46. The smallest absolute Gasteiger partial charge is 0.287 e. The Bertz CT molecular complexity index is 2640. The second kappa shape index (κ2) is 20.1. The predicted octanol–water partition coefficient (Wildman–Crippen LogP) is 12.4. The van der Waals surface area contributed by atoms with Crippen molar-refractivity contribution in [2.45, 2.75) is 56.0 Å². The molecule has 6 aromatic rings. The van der Waals surface area contributed by atoms with Gasteiger partial charge in [-0.3, -0.25) is 19.9 Å². The Morgan fingerprint density at radius 3 is 0.893 bits per heavy atom. The normalized spacial score (nSPS) is 13.3. The second-order valence-electron chi connectivity index (χ2n) is 15.8. The summed E-state index contributed by atoms with van der Waals surface area (Å²) in [7, 11) is 0. The molecule has 5 aromatic carbocycles. The van der Waals surface area contributed by atoms with Gasteiger partial charge in [-0.2, -0.15) is 132 Å². The largest absolute Gasteiger partial charge is 0.416 e. The molecule has 402 valence electrons. The van der Waals surface area contributed by atoms with Crippen LogP contribution in [0.5, 0.6) is 0 Å². The number of nitro benzene ring substituents is 1. The Morgan fingerprint density at radius 1 is 0.427 bits per heavy atom. The van der Waals surface area contributed by atoms with Crippen molar-refractivity contribution in [1.29, 1.82) is 0 Å². The van der Waals surface area contributed by atoms with Gasteiger partial charge < -0.3 is 0 Å². The van der Waals surface area contributed by atoms with Gasteiger partial charge in [0.1, 0.15) is 11.7 Å². The topological polar surface area (TPSA) is 77.0 Å². The van der Waals surface area contributed by atoms with Crippen molar-refractivity contribution in [2.24, 2.45) is 0 Å². The van der Waals surface area contributed by atoms with Gasteiger partial charge in [-0.15, -0.1) is 0 Å². The van der Waals surface area contributed by atoms with Gasteiger partial charge in [0.2, 0.25) is 12.3 Å². The van der Waals surface area contributed by atoms with Crippen molar-refractivity contribution in [2.75, 3.05) is 0 Å². The summed E-state index contributed by atoms with van der Waals surface area (Å²) >= 11 is 0. The first-order valence-corrected chi connectivity index (χ1v) is 19.9. The minimum Gasteiger partial charge on any atom is -0.287 e. The summed E-state index contributed by atoms with van der Waals surface area (Å²) in [5.41, 5.74) is -30.3. The van der Waals surface area contributed by atoms with Crippen molar-refractivity contribution in [1.82, 2.24) is 4.98 Å². The van der Waals surface area contributed by atoms with Gasteiger partial charge in [-0.25, -0.2) is 0 Å². The summed E-state index contributed by atoms with van der Waals surface area (Å²) in [6, 6.07) is -2.88. The first kappa shape index (κ1) is 58.5. The molecule has 0 saturated carbocycles. The van der Waals surface area contributed by atoms with E-state index in [1.807, 2.05) is 0 Å². The molecule has 0 aliphatic carbocycles. The number of nitrogens with zero attached hydrogens (tertiary/aromatic N) is 3. The summed E-state index contributed by atoms with van der Waals surface area (Å²) < 4.78 is 342. The summed E-state index contributed by atoms with van der Waals surface area (Å²) in [6.07, 6.45) is -48.4. The standard InChI is InChI=1S/C32H12BF24.C12H10N3O3/c34-25(35,36)13-1-14(26(37,38)39)6-21(5-13)33(22-7-15(27(40,41)42)2-16(8-22)28(43,44)45,23-9-17(29(46,47)48)3-18(10-23)30(49,50)51)24-11-19(31(52,53)54)4-20(12-24)32(55,56)57;16-12(9-14-7-5-13-6-8-14)10-3-1-2-4-11(10)15(17)18/h1-12H;1-8H,9H2/q-1;+1. The number of halogens is 24. The summed E-state index contributed by atoms with van der Waals surface area (Å²) in [6.45, 7) is 0.0490. The Hall–Kier alpha value is -7.37. The van der Waals surface area contributed by atoms with Crippen molar-refractivity contribution in [3.05, 3.63) is 182 Å². The molecular formula is C44H22BF24N3O3.